The summed E-state index contributed by atoms with van der Waals surface area (Å²) < 4.78 is 15.8. The molecule has 0 bridgehead atoms. The van der Waals surface area contributed by atoms with Crippen molar-refractivity contribution in [2.45, 2.75) is 0 Å². The van der Waals surface area contributed by atoms with E-state index in [1.807, 2.05) is 6.07 Å². The molecule has 0 saturated carbocycles. The van der Waals surface area contributed by atoms with Crippen molar-refractivity contribution in [3.05, 3.63) is 52.9 Å². The third-order valence-corrected chi connectivity index (χ3v) is 3.44. The molecule has 0 amide bonds. The third-order valence-electron chi connectivity index (χ3n) is 3.44. The molecule has 0 spiro atoms. The van der Waals surface area contributed by atoms with Crippen molar-refractivity contribution in [3.63, 3.8) is 0 Å². The Bertz CT molecular complexity index is 881. The first-order valence-electron chi connectivity index (χ1n) is 6.63. The van der Waals surface area contributed by atoms with E-state index in [1.54, 1.807) is 30.3 Å². The standard InChI is InChI=1S/C17H14O5/c1-20-11-8-12(21-2)15-13(9-11)22-17(19)14(16(15)18)10-6-4-3-5-7-10/h3-9,18H,1-2H3. The SMILES string of the molecule is COc1cc(OC)c2c(O)c(-c3ccccc3)c(=O)oc2c1. The predicted octanol–water partition coefficient (Wildman–Crippen LogP) is 3.18. The zero-order chi connectivity index (χ0) is 15.7. The van der Waals surface area contributed by atoms with E-state index in [0.717, 1.165) is 0 Å². The van der Waals surface area contributed by atoms with E-state index in [-0.39, 0.29) is 16.9 Å². The predicted molar refractivity (Wildman–Crippen MR) is 82.7 cm³/mol. The van der Waals surface area contributed by atoms with E-state index in [2.05, 4.69) is 0 Å². The highest BCUT2D eigenvalue weighted by atomic mass is 16.5. The maximum Gasteiger partial charge on any atom is 0.347 e. The van der Waals surface area contributed by atoms with Crippen molar-refractivity contribution in [2.24, 2.45) is 0 Å². The summed E-state index contributed by atoms with van der Waals surface area (Å²) in [7, 11) is 2.97. The van der Waals surface area contributed by atoms with Gasteiger partial charge in [0.25, 0.3) is 0 Å². The second kappa shape index (κ2) is 5.44. The molecule has 0 aliphatic carbocycles. The van der Waals surface area contributed by atoms with E-state index in [1.165, 1.54) is 20.3 Å². The average Bonchev–Trinajstić information content (AvgIpc) is 2.54. The van der Waals surface area contributed by atoms with Crippen LogP contribution in [0.2, 0.25) is 0 Å². The molecule has 1 aromatic heterocycles. The lowest BCUT2D eigenvalue weighted by Gasteiger charge is -2.11. The van der Waals surface area contributed by atoms with Crippen LogP contribution in [-0.2, 0) is 0 Å². The van der Waals surface area contributed by atoms with Crippen LogP contribution in [0.1, 0.15) is 0 Å². The Kier molecular flexibility index (Phi) is 3.47. The minimum absolute atomic E-state index is 0.108. The summed E-state index contributed by atoms with van der Waals surface area (Å²) in [6.45, 7) is 0. The maximum atomic E-state index is 12.2. The summed E-state index contributed by atoms with van der Waals surface area (Å²) in [6.07, 6.45) is 0. The number of rotatable bonds is 3. The first-order chi connectivity index (χ1) is 10.7. The molecule has 3 aromatic rings. The lowest BCUT2D eigenvalue weighted by Crippen LogP contribution is -2.04. The molecule has 112 valence electrons. The molecule has 0 fully saturated rings. The van der Waals surface area contributed by atoms with Crippen LogP contribution < -0.4 is 15.1 Å². The van der Waals surface area contributed by atoms with Crippen molar-refractivity contribution >= 4 is 11.0 Å². The second-order valence-corrected chi connectivity index (χ2v) is 4.68. The summed E-state index contributed by atoms with van der Waals surface area (Å²) in [5.41, 5.74) is 0.273. The number of hydrogen-bond acceptors (Lipinski definition) is 5. The Morgan fingerprint density at radius 3 is 2.41 bits per heavy atom. The third kappa shape index (κ3) is 2.16. The quantitative estimate of drug-likeness (QED) is 0.752. The van der Waals surface area contributed by atoms with Gasteiger partial charge in [-0.3, -0.25) is 0 Å². The summed E-state index contributed by atoms with van der Waals surface area (Å²) in [4.78, 5) is 12.2. The van der Waals surface area contributed by atoms with Crippen molar-refractivity contribution in [1.29, 1.82) is 0 Å². The highest BCUT2D eigenvalue weighted by molar-refractivity contribution is 5.95. The molecule has 5 nitrogen and oxygen atoms in total. The Labute approximate surface area is 126 Å². The minimum atomic E-state index is -0.619. The fourth-order valence-corrected chi connectivity index (χ4v) is 2.39. The summed E-state index contributed by atoms with van der Waals surface area (Å²) in [5.74, 6) is 0.670. The van der Waals surface area contributed by atoms with E-state index in [0.29, 0.717) is 22.4 Å². The lowest BCUT2D eigenvalue weighted by atomic mass is 10.0. The molecule has 3 rings (SSSR count). The van der Waals surface area contributed by atoms with Gasteiger partial charge >= 0.3 is 5.63 Å². The van der Waals surface area contributed by atoms with Crippen LogP contribution in [0.3, 0.4) is 0 Å². The molecule has 22 heavy (non-hydrogen) atoms. The Balaban J connectivity index is 2.40. The van der Waals surface area contributed by atoms with Gasteiger partial charge in [-0.05, 0) is 5.56 Å². The van der Waals surface area contributed by atoms with Crippen LogP contribution in [0, 0.1) is 0 Å². The number of ether oxygens (including phenoxy) is 2. The van der Waals surface area contributed by atoms with Crippen LogP contribution in [0.5, 0.6) is 17.2 Å². The van der Waals surface area contributed by atoms with Crippen molar-refractivity contribution in [1.82, 2.24) is 0 Å². The Morgan fingerprint density at radius 1 is 1.05 bits per heavy atom. The maximum absolute atomic E-state index is 12.2. The van der Waals surface area contributed by atoms with Gasteiger partial charge in [0.15, 0.2) is 0 Å². The molecule has 0 aliphatic heterocycles. The fourth-order valence-electron chi connectivity index (χ4n) is 2.39. The first-order valence-corrected chi connectivity index (χ1v) is 6.63. The zero-order valence-electron chi connectivity index (χ0n) is 12.1. The number of aromatic hydroxyl groups is 1. The number of methoxy groups -OCH3 is 2. The van der Waals surface area contributed by atoms with Crippen LogP contribution >= 0.6 is 0 Å². The van der Waals surface area contributed by atoms with Gasteiger partial charge in [-0.15, -0.1) is 0 Å². The molecule has 0 unspecified atom stereocenters. The van der Waals surface area contributed by atoms with Crippen LogP contribution in [0.15, 0.2) is 51.7 Å². The Morgan fingerprint density at radius 2 is 1.77 bits per heavy atom. The molecule has 5 heteroatoms. The van der Waals surface area contributed by atoms with Crippen molar-refractivity contribution in [2.75, 3.05) is 14.2 Å². The average molecular weight is 298 g/mol. The van der Waals surface area contributed by atoms with Crippen LogP contribution in [0.25, 0.3) is 22.1 Å². The van der Waals surface area contributed by atoms with E-state index >= 15 is 0 Å². The second-order valence-electron chi connectivity index (χ2n) is 4.68. The van der Waals surface area contributed by atoms with Gasteiger partial charge in [0, 0.05) is 12.1 Å². The largest absolute Gasteiger partial charge is 0.506 e. The molecule has 1 heterocycles. The molecule has 1 N–H and O–H groups in total. The normalized spacial score (nSPS) is 10.6. The lowest BCUT2D eigenvalue weighted by molar-refractivity contribution is 0.393. The van der Waals surface area contributed by atoms with Gasteiger partial charge < -0.3 is 19.0 Å². The number of benzene rings is 2. The van der Waals surface area contributed by atoms with Crippen LogP contribution in [0.4, 0.5) is 0 Å². The molecule has 0 atom stereocenters. The van der Waals surface area contributed by atoms with Gasteiger partial charge in [-0.1, -0.05) is 30.3 Å². The zero-order valence-corrected chi connectivity index (χ0v) is 12.1. The first kappa shape index (κ1) is 14.0. The van der Waals surface area contributed by atoms with Crippen molar-refractivity contribution < 1.29 is 19.0 Å². The Hall–Kier alpha value is -2.95. The molecular formula is C17H14O5. The smallest absolute Gasteiger partial charge is 0.347 e. The summed E-state index contributed by atoms with van der Waals surface area (Å²) in [5, 5.41) is 10.9. The molecule has 0 saturated heterocycles. The monoisotopic (exact) mass is 298 g/mol. The molecule has 0 radical (unpaired) electrons. The van der Waals surface area contributed by atoms with E-state index in [4.69, 9.17) is 13.9 Å². The van der Waals surface area contributed by atoms with Gasteiger partial charge in [0.2, 0.25) is 0 Å². The highest BCUT2D eigenvalue weighted by Gasteiger charge is 2.19. The highest BCUT2D eigenvalue weighted by Crippen LogP contribution is 2.40. The van der Waals surface area contributed by atoms with E-state index < -0.39 is 5.63 Å². The van der Waals surface area contributed by atoms with Gasteiger partial charge in [-0.25, -0.2) is 4.79 Å². The number of fused-ring (bicyclic) bond motifs is 1. The van der Waals surface area contributed by atoms with E-state index in [9.17, 15) is 9.90 Å². The van der Waals surface area contributed by atoms with Crippen LogP contribution in [-0.4, -0.2) is 19.3 Å². The molecule has 0 aliphatic rings. The van der Waals surface area contributed by atoms with Gasteiger partial charge in [0.05, 0.1) is 14.2 Å². The van der Waals surface area contributed by atoms with Crippen molar-refractivity contribution in [3.8, 4) is 28.4 Å². The molecular weight excluding hydrogens is 284 g/mol. The fraction of sp³-hybridized carbons (Fsp3) is 0.118. The minimum Gasteiger partial charge on any atom is -0.506 e. The van der Waals surface area contributed by atoms with Gasteiger partial charge in [0.1, 0.15) is 33.8 Å². The summed E-state index contributed by atoms with van der Waals surface area (Å²) >= 11 is 0. The summed E-state index contributed by atoms with van der Waals surface area (Å²) in [6, 6.07) is 12.0. The van der Waals surface area contributed by atoms with Gasteiger partial charge in [-0.2, -0.15) is 0 Å². The topological polar surface area (TPSA) is 68.9 Å². The molecule has 2 aromatic carbocycles. The number of hydrogen-bond donors (Lipinski definition) is 1.